The van der Waals surface area contributed by atoms with Crippen LogP contribution < -0.4 is 4.72 Å². The molecule has 0 aromatic carbocycles. The van der Waals surface area contributed by atoms with Gasteiger partial charge in [-0.25, -0.2) is 22.7 Å². The van der Waals surface area contributed by atoms with E-state index in [0.717, 1.165) is 38.2 Å². The standard InChI is InChI=1S/C16H23N3O3S.2C2HF3O2/c20-23(21,14-4-5-14)18-7-12-11-22-16-10-19(9-15(12)16)8-13-3-1-2-6-17-13;2*3-2(4,5)1(6)7/h1-3,6,12,14-16,18H,4-5,7-11H2;2*(H,6,7)/t12-,15-,16-;;/m1../s1. The molecule has 0 radical (unpaired) electrons. The van der Waals surface area contributed by atoms with E-state index in [9.17, 15) is 34.8 Å². The Balaban J connectivity index is 0.000000286. The third kappa shape index (κ3) is 10.1. The Morgan fingerprint density at radius 3 is 2.08 bits per heavy atom. The third-order valence-electron chi connectivity index (χ3n) is 5.62. The van der Waals surface area contributed by atoms with E-state index in [0.29, 0.717) is 19.1 Å². The molecule has 1 aromatic rings. The molecule has 0 amide bonds. The number of aromatic nitrogens is 1. The van der Waals surface area contributed by atoms with Crippen molar-refractivity contribution in [1.82, 2.24) is 14.6 Å². The Morgan fingerprint density at radius 2 is 1.62 bits per heavy atom. The van der Waals surface area contributed by atoms with Gasteiger partial charge >= 0.3 is 24.3 Å². The molecule has 0 spiro atoms. The molecule has 10 nitrogen and oxygen atoms in total. The van der Waals surface area contributed by atoms with Crippen LogP contribution in [0.25, 0.3) is 0 Å². The normalized spacial score (nSPS) is 23.8. The number of rotatable bonds is 6. The number of carboxylic acids is 2. The maximum atomic E-state index is 12.0. The van der Waals surface area contributed by atoms with Crippen molar-refractivity contribution in [3.05, 3.63) is 30.1 Å². The van der Waals surface area contributed by atoms with Gasteiger partial charge in [0, 0.05) is 44.2 Å². The fraction of sp³-hybridized carbons (Fsp3) is 0.650. The first-order valence-electron chi connectivity index (χ1n) is 10.8. The second kappa shape index (κ2) is 12.4. The molecule has 2 aliphatic heterocycles. The van der Waals surface area contributed by atoms with Gasteiger partial charge in [-0.05, 0) is 25.0 Å². The number of nitrogens with zero attached hydrogens (tertiary/aromatic N) is 2. The Labute approximate surface area is 207 Å². The number of halogens is 6. The second-order valence-electron chi connectivity index (χ2n) is 8.51. The number of carboxylic acid groups (broad SMARTS) is 2. The minimum Gasteiger partial charge on any atom is -0.475 e. The lowest BCUT2D eigenvalue weighted by Crippen LogP contribution is -2.35. The molecule has 3 aliphatic rings. The van der Waals surface area contributed by atoms with Gasteiger partial charge in [-0.2, -0.15) is 26.3 Å². The highest BCUT2D eigenvalue weighted by molar-refractivity contribution is 7.90. The summed E-state index contributed by atoms with van der Waals surface area (Å²) in [4.78, 5) is 24.5. The number of pyridine rings is 1. The summed E-state index contributed by atoms with van der Waals surface area (Å²) in [6, 6.07) is 5.97. The molecule has 4 rings (SSSR count). The monoisotopic (exact) mass is 565 g/mol. The van der Waals surface area contributed by atoms with Crippen molar-refractivity contribution >= 4 is 22.0 Å². The zero-order valence-electron chi connectivity index (χ0n) is 19.1. The first kappa shape index (κ1) is 30.7. The Bertz CT molecular complexity index is 995. The minimum atomic E-state index is -5.08. The molecule has 3 N–H and O–H groups in total. The van der Waals surface area contributed by atoms with E-state index in [1.807, 2.05) is 24.4 Å². The highest BCUT2D eigenvalue weighted by Crippen LogP contribution is 2.34. The van der Waals surface area contributed by atoms with Crippen LogP contribution in [0, 0.1) is 11.8 Å². The van der Waals surface area contributed by atoms with Gasteiger partial charge in [-0.1, -0.05) is 6.07 Å². The number of fused-ring (bicyclic) bond motifs is 1. The number of alkyl halides is 6. The number of hydrogen-bond acceptors (Lipinski definition) is 7. The van der Waals surface area contributed by atoms with Crippen LogP contribution in [0.15, 0.2) is 24.4 Å². The fourth-order valence-electron chi connectivity index (χ4n) is 3.66. The minimum absolute atomic E-state index is 0.148. The van der Waals surface area contributed by atoms with Gasteiger partial charge in [0.15, 0.2) is 0 Å². The van der Waals surface area contributed by atoms with E-state index in [2.05, 4.69) is 14.6 Å². The summed E-state index contributed by atoms with van der Waals surface area (Å²) < 4.78 is 96.1. The van der Waals surface area contributed by atoms with Gasteiger partial charge < -0.3 is 14.9 Å². The number of likely N-dealkylation sites (tertiary alicyclic amines) is 1. The zero-order chi connectivity index (χ0) is 28.0. The van der Waals surface area contributed by atoms with E-state index < -0.39 is 34.3 Å². The van der Waals surface area contributed by atoms with E-state index in [-0.39, 0.29) is 17.3 Å². The largest absolute Gasteiger partial charge is 0.490 e. The Kier molecular flexibility index (Phi) is 10.3. The summed E-state index contributed by atoms with van der Waals surface area (Å²) in [6.07, 6.45) is -6.51. The number of sulfonamides is 1. The topological polar surface area (TPSA) is 146 Å². The predicted molar refractivity (Wildman–Crippen MR) is 114 cm³/mol. The van der Waals surface area contributed by atoms with Crippen molar-refractivity contribution in [3.8, 4) is 0 Å². The van der Waals surface area contributed by atoms with E-state index >= 15 is 0 Å². The van der Waals surface area contributed by atoms with Crippen molar-refractivity contribution < 1.29 is 59.3 Å². The van der Waals surface area contributed by atoms with Gasteiger partial charge in [0.25, 0.3) is 0 Å². The average Bonchev–Trinajstić information content (AvgIpc) is 3.48. The van der Waals surface area contributed by atoms with Crippen molar-refractivity contribution in [1.29, 1.82) is 0 Å². The van der Waals surface area contributed by atoms with Gasteiger partial charge in [0.2, 0.25) is 10.0 Å². The fourth-order valence-corrected chi connectivity index (χ4v) is 5.10. The van der Waals surface area contributed by atoms with Crippen LogP contribution in [0.5, 0.6) is 0 Å². The second-order valence-corrected chi connectivity index (χ2v) is 10.6. The average molecular weight is 565 g/mol. The summed E-state index contributed by atoms with van der Waals surface area (Å²) in [7, 11) is -3.09. The number of ether oxygens (including phenoxy) is 1. The van der Waals surface area contributed by atoms with Crippen LogP contribution in [0.3, 0.4) is 0 Å². The van der Waals surface area contributed by atoms with Crippen LogP contribution in [0.4, 0.5) is 26.3 Å². The first-order chi connectivity index (χ1) is 17.0. The molecule has 0 bridgehead atoms. The number of hydrogen-bond donors (Lipinski definition) is 3. The van der Waals surface area contributed by atoms with Crippen LogP contribution in [0.2, 0.25) is 0 Å². The van der Waals surface area contributed by atoms with Crippen molar-refractivity contribution in [2.24, 2.45) is 11.8 Å². The van der Waals surface area contributed by atoms with Gasteiger partial charge in [0.1, 0.15) is 0 Å². The lowest BCUT2D eigenvalue weighted by molar-refractivity contribution is -0.193. The molecule has 0 unspecified atom stereocenters. The summed E-state index contributed by atoms with van der Waals surface area (Å²) in [5.74, 6) is -4.82. The lowest BCUT2D eigenvalue weighted by Gasteiger charge is -2.19. The molecule has 17 heteroatoms. The zero-order valence-corrected chi connectivity index (χ0v) is 19.9. The molecule has 210 valence electrons. The third-order valence-corrected chi connectivity index (χ3v) is 7.54. The molecule has 1 saturated carbocycles. The van der Waals surface area contributed by atoms with Crippen molar-refractivity contribution in [2.75, 3.05) is 26.2 Å². The first-order valence-corrected chi connectivity index (χ1v) is 12.4. The van der Waals surface area contributed by atoms with E-state index in [4.69, 9.17) is 24.5 Å². The lowest BCUT2D eigenvalue weighted by atomic mass is 9.93. The summed E-state index contributed by atoms with van der Waals surface area (Å²) in [5.41, 5.74) is 1.07. The highest BCUT2D eigenvalue weighted by Gasteiger charge is 2.45. The van der Waals surface area contributed by atoms with Crippen molar-refractivity contribution in [2.45, 2.75) is 43.1 Å². The van der Waals surface area contributed by atoms with Gasteiger partial charge in [-0.3, -0.25) is 9.88 Å². The molecule has 3 heterocycles. The maximum Gasteiger partial charge on any atom is 0.490 e. The number of aliphatic carboxylic acids is 2. The molecule has 3 atom stereocenters. The van der Waals surface area contributed by atoms with Crippen molar-refractivity contribution in [3.63, 3.8) is 0 Å². The van der Waals surface area contributed by atoms with Crippen LogP contribution in [-0.2, 0) is 30.9 Å². The van der Waals surface area contributed by atoms with Gasteiger partial charge in [-0.15, -0.1) is 0 Å². The summed E-state index contributed by atoms with van der Waals surface area (Å²) in [5, 5.41) is 14.1. The molecule has 3 fully saturated rings. The number of carbonyl (C=O) groups is 2. The van der Waals surface area contributed by atoms with Crippen LogP contribution >= 0.6 is 0 Å². The molecular formula is C20H25F6N3O7S. The SMILES string of the molecule is O=C(O)C(F)(F)F.O=C(O)C(F)(F)F.O=S(=O)(NC[C@@H]1CO[C@@H]2CN(Cc3ccccn3)C[C@H]12)C1CC1. The van der Waals surface area contributed by atoms with Gasteiger partial charge in [0.05, 0.1) is 23.7 Å². The maximum absolute atomic E-state index is 12.0. The van der Waals surface area contributed by atoms with E-state index in [1.165, 1.54) is 0 Å². The Morgan fingerprint density at radius 1 is 1.05 bits per heavy atom. The molecule has 2 saturated heterocycles. The molecular weight excluding hydrogens is 540 g/mol. The predicted octanol–water partition coefficient (Wildman–Crippen LogP) is 1.88. The Hall–Kier alpha value is -2.50. The molecule has 1 aliphatic carbocycles. The van der Waals surface area contributed by atoms with E-state index in [1.54, 1.807) is 0 Å². The smallest absolute Gasteiger partial charge is 0.475 e. The van der Waals surface area contributed by atoms with Crippen LogP contribution in [-0.4, -0.2) is 90.4 Å². The van der Waals surface area contributed by atoms with Crippen LogP contribution in [0.1, 0.15) is 18.5 Å². The summed E-state index contributed by atoms with van der Waals surface area (Å²) in [6.45, 7) is 3.87. The molecule has 37 heavy (non-hydrogen) atoms. The summed E-state index contributed by atoms with van der Waals surface area (Å²) >= 11 is 0. The molecule has 1 aromatic heterocycles. The number of nitrogens with one attached hydrogen (secondary N) is 1. The quantitative estimate of drug-likeness (QED) is 0.440. The highest BCUT2D eigenvalue weighted by atomic mass is 32.2.